The van der Waals surface area contributed by atoms with E-state index in [1.54, 1.807) is 6.08 Å². The predicted molar refractivity (Wildman–Crippen MR) is 309 cm³/mol. The monoisotopic (exact) mass is 1040 g/mol. The number of aliphatic hydroxyl groups excluding tert-OH is 5. The van der Waals surface area contributed by atoms with E-state index in [-0.39, 0.29) is 12.5 Å². The molecule has 0 aliphatic carbocycles. The van der Waals surface area contributed by atoms with Crippen LogP contribution in [0.4, 0.5) is 0 Å². The number of rotatable bonds is 57. The molecule has 1 rings (SSSR count). The largest absolute Gasteiger partial charge is 0.394 e. The summed E-state index contributed by atoms with van der Waals surface area (Å²) < 4.78 is 11.3. The van der Waals surface area contributed by atoms with E-state index in [1.165, 1.54) is 276 Å². The zero-order valence-electron chi connectivity index (χ0n) is 48.4. The van der Waals surface area contributed by atoms with Gasteiger partial charge in [-0.1, -0.05) is 321 Å². The highest BCUT2D eigenvalue weighted by atomic mass is 16.7. The molecule has 1 aliphatic heterocycles. The van der Waals surface area contributed by atoms with E-state index in [9.17, 15) is 30.3 Å². The Balaban J connectivity index is 2.16. The van der Waals surface area contributed by atoms with E-state index >= 15 is 0 Å². The van der Waals surface area contributed by atoms with E-state index in [1.807, 2.05) is 6.08 Å². The molecule has 9 heteroatoms. The maximum atomic E-state index is 13.1. The van der Waals surface area contributed by atoms with Gasteiger partial charge in [0.1, 0.15) is 24.4 Å². The summed E-state index contributed by atoms with van der Waals surface area (Å²) >= 11 is 0. The molecule has 1 fully saturated rings. The molecule has 1 aliphatic rings. The van der Waals surface area contributed by atoms with Gasteiger partial charge < -0.3 is 40.3 Å². The molecular formula is C64H125NO8. The van der Waals surface area contributed by atoms with Crippen molar-refractivity contribution >= 4 is 5.91 Å². The highest BCUT2D eigenvalue weighted by Gasteiger charge is 2.44. The molecule has 7 unspecified atom stereocenters. The average Bonchev–Trinajstić information content (AvgIpc) is 3.39. The second kappa shape index (κ2) is 54.3. The van der Waals surface area contributed by atoms with Crippen LogP contribution in [0.2, 0.25) is 0 Å². The number of aliphatic hydroxyl groups is 5. The molecule has 1 saturated heterocycles. The summed E-state index contributed by atoms with van der Waals surface area (Å²) in [6.07, 6.45) is 61.6. The lowest BCUT2D eigenvalue weighted by atomic mass is 9.99. The molecule has 0 aromatic rings. The van der Waals surface area contributed by atoms with E-state index in [2.05, 4.69) is 19.2 Å². The van der Waals surface area contributed by atoms with Gasteiger partial charge in [0.2, 0.25) is 5.91 Å². The maximum absolute atomic E-state index is 13.1. The highest BCUT2D eigenvalue weighted by Crippen LogP contribution is 2.23. The van der Waals surface area contributed by atoms with Crippen LogP contribution in [0.15, 0.2) is 12.2 Å². The predicted octanol–water partition coefficient (Wildman–Crippen LogP) is 16.7. The van der Waals surface area contributed by atoms with Crippen molar-refractivity contribution in [1.82, 2.24) is 5.32 Å². The quantitative estimate of drug-likeness (QED) is 0.0261. The molecule has 9 nitrogen and oxygen atoms in total. The third-order valence-corrected chi connectivity index (χ3v) is 15.9. The van der Waals surface area contributed by atoms with Gasteiger partial charge >= 0.3 is 0 Å². The van der Waals surface area contributed by atoms with Crippen LogP contribution in [0.5, 0.6) is 0 Å². The summed E-state index contributed by atoms with van der Waals surface area (Å²) in [5.41, 5.74) is 0. The van der Waals surface area contributed by atoms with Gasteiger partial charge in [0.15, 0.2) is 6.29 Å². The number of amides is 1. The first kappa shape index (κ1) is 69.9. The topological polar surface area (TPSA) is 149 Å². The van der Waals surface area contributed by atoms with Crippen molar-refractivity contribution in [3.63, 3.8) is 0 Å². The number of nitrogens with one attached hydrogen (secondary N) is 1. The van der Waals surface area contributed by atoms with Gasteiger partial charge in [0.25, 0.3) is 0 Å². The minimum atomic E-state index is -1.56. The van der Waals surface area contributed by atoms with Crippen LogP contribution in [0.3, 0.4) is 0 Å². The maximum Gasteiger partial charge on any atom is 0.220 e. The second-order valence-electron chi connectivity index (χ2n) is 22.9. The van der Waals surface area contributed by atoms with Gasteiger partial charge in [-0.25, -0.2) is 0 Å². The first-order valence-electron chi connectivity index (χ1n) is 32.4. The van der Waals surface area contributed by atoms with Crippen LogP contribution in [-0.4, -0.2) is 87.5 Å². The molecule has 434 valence electrons. The Kier molecular flexibility index (Phi) is 52.0. The van der Waals surface area contributed by atoms with Gasteiger partial charge in [-0.15, -0.1) is 0 Å². The third-order valence-electron chi connectivity index (χ3n) is 15.9. The van der Waals surface area contributed by atoms with Crippen molar-refractivity contribution in [3.05, 3.63) is 12.2 Å². The Morgan fingerprint density at radius 3 is 1.07 bits per heavy atom. The molecule has 0 bridgehead atoms. The number of hydrogen-bond acceptors (Lipinski definition) is 8. The molecule has 6 N–H and O–H groups in total. The molecular weight excluding hydrogens is 911 g/mol. The van der Waals surface area contributed by atoms with E-state index in [4.69, 9.17) is 9.47 Å². The molecule has 1 heterocycles. The molecule has 7 atom stereocenters. The van der Waals surface area contributed by atoms with E-state index < -0.39 is 49.5 Å². The number of hydrogen-bond donors (Lipinski definition) is 6. The lowest BCUT2D eigenvalue weighted by Gasteiger charge is -2.40. The summed E-state index contributed by atoms with van der Waals surface area (Å²) in [5.74, 6) is -0.168. The smallest absolute Gasteiger partial charge is 0.220 e. The van der Waals surface area contributed by atoms with Crippen LogP contribution in [0.25, 0.3) is 0 Å². The number of allylic oxidation sites excluding steroid dienone is 1. The molecule has 0 aromatic carbocycles. The minimum Gasteiger partial charge on any atom is -0.394 e. The SMILES string of the molecule is CCCCCCCCCCCCCCCCCCCCCCCCC/C=C/C(O)C(COC1OC(CO)C(O)C(O)C1O)NC(=O)CCCCCCCCCCCCCCCCCCCCCCCCCCC. The summed E-state index contributed by atoms with van der Waals surface area (Å²) in [6, 6.07) is -0.801. The Labute approximate surface area is 452 Å². The number of carbonyl (C=O) groups excluding carboxylic acids is 1. The number of ether oxygens (including phenoxy) is 2. The average molecular weight is 1040 g/mol. The van der Waals surface area contributed by atoms with Crippen molar-refractivity contribution in [1.29, 1.82) is 0 Å². The molecule has 0 radical (unpaired) electrons. The van der Waals surface area contributed by atoms with Crippen LogP contribution in [0, 0.1) is 0 Å². The van der Waals surface area contributed by atoms with Crippen LogP contribution >= 0.6 is 0 Å². The minimum absolute atomic E-state index is 0.168. The highest BCUT2D eigenvalue weighted by molar-refractivity contribution is 5.76. The van der Waals surface area contributed by atoms with Gasteiger partial charge in [-0.05, 0) is 19.3 Å². The lowest BCUT2D eigenvalue weighted by Crippen LogP contribution is -2.60. The third kappa shape index (κ3) is 43.6. The molecule has 73 heavy (non-hydrogen) atoms. The summed E-state index contributed by atoms with van der Waals surface area (Å²) in [4.78, 5) is 13.1. The lowest BCUT2D eigenvalue weighted by molar-refractivity contribution is -0.302. The fourth-order valence-corrected chi connectivity index (χ4v) is 10.8. The van der Waals surface area contributed by atoms with Gasteiger partial charge in [0.05, 0.1) is 25.4 Å². The second-order valence-corrected chi connectivity index (χ2v) is 22.9. The van der Waals surface area contributed by atoms with Crippen molar-refractivity contribution in [2.24, 2.45) is 0 Å². The Bertz CT molecular complexity index is 1150. The molecule has 0 aromatic heterocycles. The first-order valence-corrected chi connectivity index (χ1v) is 32.4. The standard InChI is InChI=1S/C64H125NO8/c1-3-5-7-9-11-13-15-17-19-21-23-25-27-29-31-33-35-37-39-41-43-45-47-49-51-53-58(67)57(56-72-64-63(71)62(70)61(69)59(55-66)73-64)65-60(68)54-52-50-48-46-44-42-40-38-36-34-32-30-28-26-24-22-20-18-16-14-12-10-8-6-4-2/h51,53,57-59,61-64,66-67,69-71H,3-50,52,54-56H2,1-2H3,(H,65,68)/b53-51+. The number of carbonyl (C=O) groups is 1. The zero-order chi connectivity index (χ0) is 52.9. The van der Waals surface area contributed by atoms with Crippen molar-refractivity contribution in [2.75, 3.05) is 13.2 Å². The Hall–Kier alpha value is -1.07. The molecule has 0 saturated carbocycles. The summed E-state index contributed by atoms with van der Waals surface area (Å²) in [6.45, 7) is 3.84. The van der Waals surface area contributed by atoms with Crippen LogP contribution in [-0.2, 0) is 14.3 Å². The molecule has 1 amide bonds. The van der Waals surface area contributed by atoms with Gasteiger partial charge in [0, 0.05) is 6.42 Å². The first-order chi connectivity index (χ1) is 35.8. The fourth-order valence-electron chi connectivity index (χ4n) is 10.8. The van der Waals surface area contributed by atoms with E-state index in [0.29, 0.717) is 6.42 Å². The van der Waals surface area contributed by atoms with Gasteiger partial charge in [-0.2, -0.15) is 0 Å². The Morgan fingerprint density at radius 1 is 0.452 bits per heavy atom. The van der Waals surface area contributed by atoms with Crippen LogP contribution in [0.1, 0.15) is 335 Å². The zero-order valence-corrected chi connectivity index (χ0v) is 48.4. The normalized spacial score (nSPS) is 19.0. The number of unbranched alkanes of at least 4 members (excludes halogenated alkanes) is 47. The van der Waals surface area contributed by atoms with Gasteiger partial charge in [-0.3, -0.25) is 4.79 Å². The summed E-state index contributed by atoms with van der Waals surface area (Å²) in [7, 11) is 0. The van der Waals surface area contributed by atoms with E-state index in [0.717, 1.165) is 38.5 Å². The van der Waals surface area contributed by atoms with Crippen molar-refractivity contribution in [2.45, 2.75) is 378 Å². The summed E-state index contributed by atoms with van der Waals surface area (Å²) in [5, 5.41) is 54.7. The van der Waals surface area contributed by atoms with Crippen molar-refractivity contribution in [3.8, 4) is 0 Å². The van der Waals surface area contributed by atoms with Crippen LogP contribution < -0.4 is 5.32 Å². The Morgan fingerprint density at radius 2 is 0.753 bits per heavy atom. The van der Waals surface area contributed by atoms with Crippen molar-refractivity contribution < 1.29 is 39.8 Å². The fraction of sp³-hybridized carbons (Fsp3) is 0.953. The molecule has 0 spiro atoms.